The van der Waals surface area contributed by atoms with Gasteiger partial charge < -0.3 is 10.5 Å². The van der Waals surface area contributed by atoms with E-state index in [0.717, 1.165) is 6.42 Å². The van der Waals surface area contributed by atoms with Gasteiger partial charge in [-0.3, -0.25) is 4.79 Å². The van der Waals surface area contributed by atoms with E-state index in [1.54, 1.807) is 18.2 Å². The number of hydrogen-bond donors (Lipinski definition) is 1. The van der Waals surface area contributed by atoms with Crippen LogP contribution >= 0.6 is 11.6 Å². The molecule has 0 aliphatic carbocycles. The topological polar surface area (TPSA) is 52.3 Å². The molecular formula is C10H12ClNO2. The molecule has 0 atom stereocenters. The maximum Gasteiger partial charge on any atom is 0.311 e. The lowest BCUT2D eigenvalue weighted by atomic mass is 10.3. The average Bonchev–Trinajstić information content (AvgIpc) is 2.12. The van der Waals surface area contributed by atoms with Crippen molar-refractivity contribution in [2.24, 2.45) is 0 Å². The molecule has 0 heterocycles. The lowest BCUT2D eigenvalue weighted by Gasteiger charge is -2.07. The van der Waals surface area contributed by atoms with Crippen LogP contribution in [0, 0.1) is 0 Å². The molecular weight excluding hydrogens is 202 g/mol. The van der Waals surface area contributed by atoms with Crippen LogP contribution in [0.15, 0.2) is 18.2 Å². The number of rotatable bonds is 3. The highest BCUT2D eigenvalue weighted by molar-refractivity contribution is 6.32. The standard InChI is InChI=1S/C10H12ClNO2/c1-2-4-9(13)14-10-7(11)5-3-6-8(10)12/h3,5-6H,2,4,12H2,1H3. The van der Waals surface area contributed by atoms with E-state index in [-0.39, 0.29) is 11.7 Å². The maximum absolute atomic E-state index is 11.2. The number of nitrogens with two attached hydrogens (primary N) is 1. The summed E-state index contributed by atoms with van der Waals surface area (Å²) in [4.78, 5) is 11.2. The number of para-hydroxylation sites is 1. The van der Waals surface area contributed by atoms with Crippen LogP contribution in [-0.4, -0.2) is 5.97 Å². The van der Waals surface area contributed by atoms with Gasteiger partial charge in [-0.05, 0) is 18.6 Å². The Morgan fingerprint density at radius 2 is 2.29 bits per heavy atom. The van der Waals surface area contributed by atoms with Gasteiger partial charge in [-0.1, -0.05) is 24.6 Å². The molecule has 0 saturated heterocycles. The van der Waals surface area contributed by atoms with Gasteiger partial charge in [0, 0.05) is 6.42 Å². The fourth-order valence-corrected chi connectivity index (χ4v) is 1.22. The third-order valence-electron chi connectivity index (χ3n) is 1.67. The van der Waals surface area contributed by atoms with Gasteiger partial charge >= 0.3 is 5.97 Å². The number of halogens is 1. The third-order valence-corrected chi connectivity index (χ3v) is 1.97. The van der Waals surface area contributed by atoms with Crippen LogP contribution in [0.4, 0.5) is 5.69 Å². The third kappa shape index (κ3) is 2.64. The van der Waals surface area contributed by atoms with Crippen molar-refractivity contribution < 1.29 is 9.53 Å². The van der Waals surface area contributed by atoms with E-state index in [2.05, 4.69) is 0 Å². The lowest BCUT2D eigenvalue weighted by Crippen LogP contribution is -2.08. The molecule has 14 heavy (non-hydrogen) atoms. The Bertz CT molecular complexity index is 319. The first-order valence-electron chi connectivity index (χ1n) is 4.39. The molecule has 0 aliphatic rings. The number of anilines is 1. The fraction of sp³-hybridized carbons (Fsp3) is 0.300. The summed E-state index contributed by atoms with van der Waals surface area (Å²) in [5, 5.41) is 0.356. The Balaban J connectivity index is 2.80. The number of nitrogen functional groups attached to an aromatic ring is 1. The van der Waals surface area contributed by atoms with Gasteiger partial charge in [-0.2, -0.15) is 0 Å². The average molecular weight is 214 g/mol. The van der Waals surface area contributed by atoms with E-state index >= 15 is 0 Å². The lowest BCUT2D eigenvalue weighted by molar-refractivity contribution is -0.134. The SMILES string of the molecule is CCCC(=O)Oc1c(N)cccc1Cl. The Morgan fingerprint density at radius 1 is 1.57 bits per heavy atom. The Labute approximate surface area is 87.8 Å². The second-order valence-electron chi connectivity index (χ2n) is 2.88. The van der Waals surface area contributed by atoms with Crippen molar-refractivity contribution in [2.45, 2.75) is 19.8 Å². The molecule has 1 aromatic carbocycles. The van der Waals surface area contributed by atoms with E-state index < -0.39 is 0 Å². The molecule has 76 valence electrons. The van der Waals surface area contributed by atoms with E-state index in [1.165, 1.54) is 0 Å². The molecule has 2 N–H and O–H groups in total. The first kappa shape index (κ1) is 10.9. The van der Waals surface area contributed by atoms with Gasteiger partial charge in [-0.15, -0.1) is 0 Å². The zero-order valence-corrected chi connectivity index (χ0v) is 8.67. The van der Waals surface area contributed by atoms with E-state index in [1.807, 2.05) is 6.92 Å². The molecule has 0 spiro atoms. The highest BCUT2D eigenvalue weighted by Gasteiger charge is 2.10. The van der Waals surface area contributed by atoms with Gasteiger partial charge in [0.05, 0.1) is 10.7 Å². The molecule has 0 unspecified atom stereocenters. The number of hydrogen-bond acceptors (Lipinski definition) is 3. The van der Waals surface area contributed by atoms with Crippen LogP contribution in [0.1, 0.15) is 19.8 Å². The predicted molar refractivity (Wildman–Crippen MR) is 56.4 cm³/mol. The summed E-state index contributed by atoms with van der Waals surface area (Å²) < 4.78 is 5.02. The second-order valence-corrected chi connectivity index (χ2v) is 3.29. The molecule has 0 saturated carbocycles. The van der Waals surface area contributed by atoms with Crippen molar-refractivity contribution in [1.82, 2.24) is 0 Å². The molecule has 4 heteroatoms. The number of carbonyl (C=O) groups is 1. The van der Waals surface area contributed by atoms with Gasteiger partial charge in [0.25, 0.3) is 0 Å². The summed E-state index contributed by atoms with van der Waals surface area (Å²) in [5.74, 6) is -0.0556. The number of ether oxygens (including phenoxy) is 1. The first-order chi connectivity index (χ1) is 6.65. The van der Waals surface area contributed by atoms with Crippen molar-refractivity contribution in [3.05, 3.63) is 23.2 Å². The zero-order chi connectivity index (χ0) is 10.6. The molecule has 3 nitrogen and oxygen atoms in total. The van der Waals surface area contributed by atoms with Gasteiger partial charge in [-0.25, -0.2) is 0 Å². The van der Waals surface area contributed by atoms with E-state index in [0.29, 0.717) is 17.1 Å². The summed E-state index contributed by atoms with van der Waals surface area (Å²) in [6.07, 6.45) is 1.11. The summed E-state index contributed by atoms with van der Waals surface area (Å²) in [7, 11) is 0. The number of carbonyl (C=O) groups excluding carboxylic acids is 1. The predicted octanol–water partition coefficient (Wildman–Crippen LogP) is 2.63. The van der Waals surface area contributed by atoms with Crippen molar-refractivity contribution in [3.63, 3.8) is 0 Å². The van der Waals surface area contributed by atoms with Crippen LogP contribution in [0.3, 0.4) is 0 Å². The summed E-state index contributed by atoms with van der Waals surface area (Å²) >= 11 is 5.82. The highest BCUT2D eigenvalue weighted by atomic mass is 35.5. The summed E-state index contributed by atoms with van der Waals surface area (Å²) in [6.45, 7) is 1.90. The fourth-order valence-electron chi connectivity index (χ4n) is 1.00. The quantitative estimate of drug-likeness (QED) is 0.477. The molecule has 0 radical (unpaired) electrons. The second kappa shape index (κ2) is 4.86. The van der Waals surface area contributed by atoms with Crippen LogP contribution in [0.2, 0.25) is 5.02 Å². The van der Waals surface area contributed by atoms with Crippen molar-refractivity contribution in [3.8, 4) is 5.75 Å². The maximum atomic E-state index is 11.2. The molecule has 1 aromatic rings. The van der Waals surface area contributed by atoms with E-state index in [4.69, 9.17) is 22.1 Å². The van der Waals surface area contributed by atoms with Gasteiger partial charge in [0.1, 0.15) is 0 Å². The monoisotopic (exact) mass is 213 g/mol. The van der Waals surface area contributed by atoms with Crippen molar-refractivity contribution in [1.29, 1.82) is 0 Å². The molecule has 0 aromatic heterocycles. The molecule has 0 fully saturated rings. The minimum absolute atomic E-state index is 0.257. The molecule has 0 bridgehead atoms. The smallest absolute Gasteiger partial charge is 0.311 e. The zero-order valence-electron chi connectivity index (χ0n) is 7.92. The van der Waals surface area contributed by atoms with Gasteiger partial charge in [0.2, 0.25) is 0 Å². The first-order valence-corrected chi connectivity index (χ1v) is 4.77. The largest absolute Gasteiger partial charge is 0.423 e. The van der Waals surface area contributed by atoms with Crippen LogP contribution in [0.5, 0.6) is 5.75 Å². The Hall–Kier alpha value is -1.22. The van der Waals surface area contributed by atoms with E-state index in [9.17, 15) is 4.79 Å². The summed E-state index contributed by atoms with van der Waals surface area (Å²) in [6, 6.07) is 4.97. The van der Waals surface area contributed by atoms with Crippen molar-refractivity contribution in [2.75, 3.05) is 5.73 Å². The van der Waals surface area contributed by atoms with Crippen LogP contribution in [-0.2, 0) is 4.79 Å². The number of benzene rings is 1. The van der Waals surface area contributed by atoms with Gasteiger partial charge in [0.15, 0.2) is 5.75 Å². The summed E-state index contributed by atoms with van der Waals surface area (Å²) in [5.41, 5.74) is 5.98. The molecule has 0 amide bonds. The minimum Gasteiger partial charge on any atom is -0.423 e. The Morgan fingerprint density at radius 3 is 2.86 bits per heavy atom. The molecule has 1 rings (SSSR count). The number of esters is 1. The Kier molecular flexibility index (Phi) is 3.77. The van der Waals surface area contributed by atoms with Crippen LogP contribution < -0.4 is 10.5 Å². The highest BCUT2D eigenvalue weighted by Crippen LogP contribution is 2.30. The molecule has 0 aliphatic heterocycles. The van der Waals surface area contributed by atoms with Crippen molar-refractivity contribution >= 4 is 23.3 Å². The van der Waals surface area contributed by atoms with Crippen LogP contribution in [0.25, 0.3) is 0 Å². The normalized spacial score (nSPS) is 9.86. The minimum atomic E-state index is -0.313.